The summed E-state index contributed by atoms with van der Waals surface area (Å²) in [5.41, 5.74) is 2.88. The third-order valence-corrected chi connectivity index (χ3v) is 5.65. The van der Waals surface area contributed by atoms with Gasteiger partial charge in [-0.1, -0.05) is 35.9 Å². The first-order valence-corrected chi connectivity index (χ1v) is 9.86. The van der Waals surface area contributed by atoms with Gasteiger partial charge in [0.2, 0.25) is 0 Å². The monoisotopic (exact) mass is 409 g/mol. The smallest absolute Gasteiger partial charge is 0.293 e. The zero-order valence-electron chi connectivity index (χ0n) is 15.0. The highest BCUT2D eigenvalue weighted by Gasteiger charge is 2.35. The van der Waals surface area contributed by atoms with Crippen LogP contribution in [-0.2, 0) is 11.3 Å². The Morgan fingerprint density at radius 1 is 1.04 bits per heavy atom. The number of carbonyl (C=O) groups excluding carboxylic acids is 2. The highest BCUT2D eigenvalue weighted by Crippen LogP contribution is 2.34. The first kappa shape index (κ1) is 18.6. The van der Waals surface area contributed by atoms with Crippen LogP contribution in [0.1, 0.15) is 16.9 Å². The molecule has 1 aromatic heterocycles. The van der Waals surface area contributed by atoms with Gasteiger partial charge < -0.3 is 4.42 Å². The van der Waals surface area contributed by atoms with Crippen molar-refractivity contribution >= 4 is 40.6 Å². The molecule has 0 unspecified atom stereocenters. The van der Waals surface area contributed by atoms with Gasteiger partial charge in [-0.25, -0.2) is 0 Å². The van der Waals surface area contributed by atoms with Gasteiger partial charge in [0.15, 0.2) is 0 Å². The van der Waals surface area contributed by atoms with Crippen LogP contribution in [0.5, 0.6) is 0 Å². The van der Waals surface area contributed by atoms with Crippen molar-refractivity contribution in [2.45, 2.75) is 13.5 Å². The number of rotatable bonds is 4. The van der Waals surface area contributed by atoms with Crippen molar-refractivity contribution in [3.63, 3.8) is 0 Å². The van der Waals surface area contributed by atoms with Gasteiger partial charge in [0.05, 0.1) is 11.4 Å². The number of carbonyl (C=O) groups is 2. The lowest BCUT2D eigenvalue weighted by Crippen LogP contribution is -2.27. The zero-order valence-corrected chi connectivity index (χ0v) is 16.6. The Labute approximate surface area is 171 Å². The number of imide groups is 1. The van der Waals surface area contributed by atoms with E-state index in [2.05, 4.69) is 0 Å². The highest BCUT2D eigenvalue weighted by molar-refractivity contribution is 8.18. The maximum Gasteiger partial charge on any atom is 0.293 e. The molecule has 28 heavy (non-hydrogen) atoms. The number of amides is 2. The van der Waals surface area contributed by atoms with Crippen LogP contribution in [0, 0.1) is 6.92 Å². The molecule has 0 aliphatic carbocycles. The third kappa shape index (κ3) is 3.77. The molecule has 1 saturated heterocycles. The van der Waals surface area contributed by atoms with Gasteiger partial charge >= 0.3 is 0 Å². The Hall–Kier alpha value is -2.76. The summed E-state index contributed by atoms with van der Waals surface area (Å²) < 4.78 is 5.81. The van der Waals surface area contributed by atoms with E-state index in [0.717, 1.165) is 28.5 Å². The number of nitrogens with zero attached hydrogens (tertiary/aromatic N) is 1. The molecule has 1 aliphatic heterocycles. The molecule has 2 amide bonds. The molecule has 0 saturated carbocycles. The van der Waals surface area contributed by atoms with Gasteiger partial charge in [-0.3, -0.25) is 14.5 Å². The van der Waals surface area contributed by atoms with Crippen LogP contribution >= 0.6 is 23.4 Å². The summed E-state index contributed by atoms with van der Waals surface area (Å²) in [7, 11) is 0. The first-order chi connectivity index (χ1) is 13.5. The summed E-state index contributed by atoms with van der Waals surface area (Å²) in [5.74, 6) is 0.885. The fraction of sp³-hybridized carbons (Fsp3) is 0.0909. The second-order valence-electron chi connectivity index (χ2n) is 6.40. The van der Waals surface area contributed by atoms with Crippen molar-refractivity contribution in [3.8, 4) is 11.3 Å². The Morgan fingerprint density at radius 2 is 1.79 bits per heavy atom. The molecule has 1 aliphatic rings. The molecule has 3 aromatic rings. The van der Waals surface area contributed by atoms with Crippen molar-refractivity contribution in [1.29, 1.82) is 0 Å². The van der Waals surface area contributed by atoms with Crippen LogP contribution in [-0.4, -0.2) is 16.0 Å². The maximum atomic E-state index is 12.7. The SMILES string of the molecule is Cc1ccccc1CN1C(=O)S/C(=C\c2ccc(-c3ccc(Cl)cc3)o2)C1=O. The topological polar surface area (TPSA) is 50.5 Å². The second-order valence-corrected chi connectivity index (χ2v) is 7.83. The minimum Gasteiger partial charge on any atom is -0.457 e. The van der Waals surface area contributed by atoms with Gasteiger partial charge in [-0.15, -0.1) is 0 Å². The van der Waals surface area contributed by atoms with E-state index in [1.807, 2.05) is 49.4 Å². The Kier molecular flexibility index (Phi) is 5.11. The Balaban J connectivity index is 1.54. The van der Waals surface area contributed by atoms with Gasteiger partial charge in [-0.05, 0) is 66.2 Å². The largest absolute Gasteiger partial charge is 0.457 e. The lowest BCUT2D eigenvalue weighted by Gasteiger charge is -2.14. The van der Waals surface area contributed by atoms with Gasteiger partial charge in [0.1, 0.15) is 11.5 Å². The van der Waals surface area contributed by atoms with Gasteiger partial charge in [0.25, 0.3) is 11.1 Å². The van der Waals surface area contributed by atoms with Crippen LogP contribution in [0.25, 0.3) is 17.4 Å². The molecule has 6 heteroatoms. The molecule has 140 valence electrons. The fourth-order valence-corrected chi connectivity index (χ4v) is 3.87. The molecule has 0 bridgehead atoms. The van der Waals surface area contributed by atoms with Crippen molar-refractivity contribution in [2.75, 3.05) is 0 Å². The van der Waals surface area contributed by atoms with Crippen LogP contribution in [0.2, 0.25) is 5.02 Å². The molecule has 0 N–H and O–H groups in total. The second kappa shape index (κ2) is 7.70. The number of furan rings is 1. The number of aryl methyl sites for hydroxylation is 1. The number of benzene rings is 2. The summed E-state index contributed by atoms with van der Waals surface area (Å²) in [6.07, 6.45) is 1.61. The van der Waals surface area contributed by atoms with Crippen LogP contribution < -0.4 is 0 Å². The summed E-state index contributed by atoms with van der Waals surface area (Å²) in [6, 6.07) is 18.6. The highest BCUT2D eigenvalue weighted by atomic mass is 35.5. The minimum atomic E-state index is -0.303. The molecule has 2 aromatic carbocycles. The first-order valence-electron chi connectivity index (χ1n) is 8.67. The van der Waals surface area contributed by atoms with E-state index in [0.29, 0.717) is 21.4 Å². The predicted molar refractivity (Wildman–Crippen MR) is 112 cm³/mol. The molecule has 0 radical (unpaired) electrons. The normalized spacial score (nSPS) is 15.6. The van der Waals surface area contributed by atoms with E-state index in [1.165, 1.54) is 4.90 Å². The predicted octanol–water partition coefficient (Wildman–Crippen LogP) is 6.14. The molecule has 4 rings (SSSR count). The van der Waals surface area contributed by atoms with Crippen LogP contribution in [0.15, 0.2) is 70.0 Å². The summed E-state index contributed by atoms with van der Waals surface area (Å²) >= 11 is 6.84. The van der Waals surface area contributed by atoms with Crippen molar-refractivity contribution in [2.24, 2.45) is 0 Å². The van der Waals surface area contributed by atoms with E-state index in [-0.39, 0.29) is 17.7 Å². The average Bonchev–Trinajstić information content (AvgIpc) is 3.24. The van der Waals surface area contributed by atoms with Crippen molar-refractivity contribution in [3.05, 3.63) is 87.5 Å². The quantitative estimate of drug-likeness (QED) is 0.485. The van der Waals surface area contributed by atoms with E-state index in [4.69, 9.17) is 16.0 Å². The van der Waals surface area contributed by atoms with E-state index in [9.17, 15) is 9.59 Å². The fourth-order valence-electron chi connectivity index (χ4n) is 2.92. The lowest BCUT2D eigenvalue weighted by molar-refractivity contribution is -0.123. The van der Waals surface area contributed by atoms with Crippen LogP contribution in [0.3, 0.4) is 0 Å². The molecular weight excluding hydrogens is 394 g/mol. The minimum absolute atomic E-state index is 0.267. The summed E-state index contributed by atoms with van der Waals surface area (Å²) in [6.45, 7) is 2.23. The average molecular weight is 410 g/mol. The number of hydrogen-bond donors (Lipinski definition) is 0. The van der Waals surface area contributed by atoms with E-state index in [1.54, 1.807) is 24.3 Å². The molecule has 0 spiro atoms. The lowest BCUT2D eigenvalue weighted by atomic mass is 10.1. The maximum absolute atomic E-state index is 12.7. The number of thioether (sulfide) groups is 1. The third-order valence-electron chi connectivity index (χ3n) is 4.49. The van der Waals surface area contributed by atoms with Crippen LogP contribution in [0.4, 0.5) is 4.79 Å². The van der Waals surface area contributed by atoms with Gasteiger partial charge in [-0.2, -0.15) is 0 Å². The zero-order chi connectivity index (χ0) is 19.7. The van der Waals surface area contributed by atoms with Crippen molar-refractivity contribution < 1.29 is 14.0 Å². The van der Waals surface area contributed by atoms with E-state index < -0.39 is 0 Å². The molecule has 1 fully saturated rings. The summed E-state index contributed by atoms with van der Waals surface area (Å²) in [4.78, 5) is 26.7. The summed E-state index contributed by atoms with van der Waals surface area (Å²) in [5, 5.41) is 0.377. The van der Waals surface area contributed by atoms with E-state index >= 15 is 0 Å². The Bertz CT molecular complexity index is 1090. The number of halogens is 1. The van der Waals surface area contributed by atoms with Crippen molar-refractivity contribution in [1.82, 2.24) is 4.90 Å². The molecule has 4 nitrogen and oxygen atoms in total. The molecule has 0 atom stereocenters. The Morgan fingerprint density at radius 3 is 2.54 bits per heavy atom. The molecule has 2 heterocycles. The standard InChI is InChI=1S/C22H16ClNO3S/c1-14-4-2-3-5-16(14)13-24-21(25)20(28-22(24)26)12-18-10-11-19(27-18)15-6-8-17(23)9-7-15/h2-12H,13H2,1H3/b20-12-. The molecular formula is C22H16ClNO3S. The number of hydrogen-bond acceptors (Lipinski definition) is 4. The van der Waals surface area contributed by atoms with Gasteiger partial charge in [0, 0.05) is 16.7 Å².